The Bertz CT molecular complexity index is 406. The van der Waals surface area contributed by atoms with E-state index in [2.05, 4.69) is 12.2 Å². The zero-order valence-electron chi connectivity index (χ0n) is 11.6. The van der Waals surface area contributed by atoms with Gasteiger partial charge in [-0.05, 0) is 20.8 Å². The average molecular weight is 237 g/mol. The molecule has 1 aromatic rings. The fraction of sp³-hybridized carbons (Fsp3) is 0.333. The summed E-state index contributed by atoms with van der Waals surface area (Å²) in [6, 6.07) is 4.24. The van der Waals surface area contributed by atoms with Crippen LogP contribution >= 0.6 is 0 Å². The van der Waals surface area contributed by atoms with Crippen LogP contribution in [0.3, 0.4) is 0 Å². The fourth-order valence-electron chi connectivity index (χ4n) is 1.04. The van der Waals surface area contributed by atoms with Crippen LogP contribution in [0.25, 0.3) is 5.32 Å². The summed E-state index contributed by atoms with van der Waals surface area (Å²) < 4.78 is 18.1. The number of rotatable bonds is 1. The summed E-state index contributed by atoms with van der Waals surface area (Å²) in [5.41, 5.74) is -0.336. The number of carbonyl (C=O) groups excluding carboxylic acids is 1. The number of nitrogens with zero attached hydrogens (tertiary/aromatic N) is 1. The van der Waals surface area contributed by atoms with Gasteiger partial charge in [-0.15, -0.1) is 6.07 Å². The van der Waals surface area contributed by atoms with E-state index < -0.39 is 17.5 Å². The summed E-state index contributed by atoms with van der Waals surface area (Å²) in [5.74, 6) is -0.496. The first-order valence-electron chi connectivity index (χ1n) is 4.85. The molecule has 0 heterocycles. The van der Waals surface area contributed by atoms with Gasteiger partial charge in [-0.2, -0.15) is 12.5 Å². The Morgan fingerprint density at radius 2 is 1.89 bits per heavy atom. The van der Waals surface area contributed by atoms with Crippen LogP contribution < -0.4 is 37.7 Å². The minimum absolute atomic E-state index is 0. The van der Waals surface area contributed by atoms with E-state index >= 15 is 0 Å². The van der Waals surface area contributed by atoms with Gasteiger partial charge in [0.05, 0.1) is 0 Å². The van der Waals surface area contributed by atoms with Crippen molar-refractivity contribution in [3.8, 4) is 0 Å². The Hall–Kier alpha value is -0.515. The Kier molecular flexibility index (Phi) is 8.61. The first kappa shape index (κ1) is 19.8. The Morgan fingerprint density at radius 1 is 1.33 bits per heavy atom. The molecule has 0 N–H and O–H groups in total. The van der Waals surface area contributed by atoms with Crippen molar-refractivity contribution in [2.45, 2.75) is 26.4 Å². The molecule has 0 aliphatic rings. The Morgan fingerprint density at radius 3 is 2.39 bits per heavy atom. The van der Waals surface area contributed by atoms with E-state index in [0.29, 0.717) is 0 Å². The molecule has 88 valence electrons. The van der Waals surface area contributed by atoms with E-state index in [4.69, 9.17) is 4.74 Å². The topological polar surface area (TPSA) is 40.4 Å². The molecule has 0 saturated heterocycles. The number of carbonyl (C=O) groups is 1. The van der Waals surface area contributed by atoms with Crippen LogP contribution in [0.5, 0.6) is 0 Å². The van der Waals surface area contributed by atoms with Crippen LogP contribution in [0.15, 0.2) is 18.2 Å². The van der Waals surface area contributed by atoms with Crippen molar-refractivity contribution in [2.75, 3.05) is 0 Å². The molecule has 0 bridgehead atoms. The average Bonchev–Trinajstić information content (AvgIpc) is 2.09. The van der Waals surface area contributed by atoms with E-state index in [-0.39, 0.29) is 49.0 Å². The van der Waals surface area contributed by atoms with Crippen LogP contribution in [0.4, 0.5) is 14.9 Å². The van der Waals surface area contributed by atoms with Crippen molar-refractivity contribution in [3.63, 3.8) is 0 Å². The first-order chi connectivity index (χ1) is 7.29. The minimum atomic E-state index is -0.747. The molecule has 1 rings (SSSR count). The SMILES string of the molecule is [CH2-]c1c(F)cccc1[N-]C(=O)OC(C)(C)C.[Li+].[Li+]. The molecule has 1 amide bonds. The molecule has 18 heavy (non-hydrogen) atoms. The van der Waals surface area contributed by atoms with Gasteiger partial charge in [0.2, 0.25) is 6.09 Å². The maximum absolute atomic E-state index is 13.1. The molecule has 0 unspecified atom stereocenters. The second-order valence-electron chi connectivity index (χ2n) is 4.33. The van der Waals surface area contributed by atoms with Crippen molar-refractivity contribution in [1.82, 2.24) is 0 Å². The first-order valence-corrected chi connectivity index (χ1v) is 4.85. The Labute approximate surface area is 131 Å². The largest absolute Gasteiger partial charge is 1.00 e. The summed E-state index contributed by atoms with van der Waals surface area (Å²) >= 11 is 0. The molecule has 6 heteroatoms. The standard InChI is InChI=1S/C12H15FNO2.2Li/c1-8-9(13)6-5-7-10(8)14-11(15)16-12(2,3)4;;/h5-7H,1H2,2-4H3,(H,14,15);;/q-1;2*+1/p-1. The maximum Gasteiger partial charge on any atom is 1.00 e. The fourth-order valence-corrected chi connectivity index (χ4v) is 1.04. The van der Waals surface area contributed by atoms with Gasteiger partial charge in [0, 0.05) is 5.82 Å². The van der Waals surface area contributed by atoms with Crippen molar-refractivity contribution < 1.29 is 51.6 Å². The van der Waals surface area contributed by atoms with Crippen LogP contribution in [0, 0.1) is 12.7 Å². The summed E-state index contributed by atoms with van der Waals surface area (Å²) in [6.45, 7) is 8.69. The predicted molar refractivity (Wildman–Crippen MR) is 60.1 cm³/mol. The summed E-state index contributed by atoms with van der Waals surface area (Å²) in [7, 11) is 0. The quantitative estimate of drug-likeness (QED) is 0.417. The van der Waals surface area contributed by atoms with Gasteiger partial charge in [0.25, 0.3) is 0 Å². The van der Waals surface area contributed by atoms with E-state index in [1.165, 1.54) is 18.2 Å². The summed E-state index contributed by atoms with van der Waals surface area (Å²) in [5, 5.41) is 3.64. The molecule has 3 nitrogen and oxygen atoms in total. The second kappa shape index (κ2) is 7.82. The Balaban J connectivity index is 0. The van der Waals surface area contributed by atoms with E-state index in [1.807, 2.05) is 0 Å². The molecule has 0 atom stereocenters. The van der Waals surface area contributed by atoms with Crippen molar-refractivity contribution in [3.05, 3.63) is 41.8 Å². The molecule has 0 radical (unpaired) electrons. The van der Waals surface area contributed by atoms with Crippen molar-refractivity contribution in [1.29, 1.82) is 0 Å². The van der Waals surface area contributed by atoms with Crippen molar-refractivity contribution >= 4 is 11.8 Å². The molecule has 1 aromatic carbocycles. The third-order valence-electron chi connectivity index (χ3n) is 1.70. The minimum Gasteiger partial charge on any atom is -0.649 e. The molecule has 0 aliphatic carbocycles. The molecule has 0 aliphatic heterocycles. The van der Waals surface area contributed by atoms with Crippen LogP contribution in [0.1, 0.15) is 26.3 Å². The predicted octanol–water partition coefficient (Wildman–Crippen LogP) is -2.04. The maximum atomic E-state index is 13.1. The summed E-state index contributed by atoms with van der Waals surface area (Å²) in [6.07, 6.45) is -0.747. The van der Waals surface area contributed by atoms with Gasteiger partial charge < -0.3 is 10.1 Å². The normalized spacial score (nSPS) is 9.78. The van der Waals surface area contributed by atoms with Crippen LogP contribution in [-0.2, 0) is 4.74 Å². The number of hydrogen-bond acceptors (Lipinski definition) is 2. The number of benzene rings is 1. The number of hydrogen-bond donors (Lipinski definition) is 0. The monoisotopic (exact) mass is 237 g/mol. The van der Waals surface area contributed by atoms with Gasteiger partial charge in [-0.25, -0.2) is 5.69 Å². The van der Waals surface area contributed by atoms with Gasteiger partial charge >= 0.3 is 37.7 Å². The van der Waals surface area contributed by atoms with Crippen LogP contribution in [0.2, 0.25) is 0 Å². The van der Waals surface area contributed by atoms with E-state index in [9.17, 15) is 9.18 Å². The van der Waals surface area contributed by atoms with E-state index in [0.717, 1.165) is 0 Å². The summed E-state index contributed by atoms with van der Waals surface area (Å²) in [4.78, 5) is 11.4. The van der Waals surface area contributed by atoms with Gasteiger partial charge in [-0.3, -0.25) is 9.18 Å². The third kappa shape index (κ3) is 6.43. The van der Waals surface area contributed by atoms with Gasteiger partial charge in [0.1, 0.15) is 5.60 Å². The zero-order valence-corrected chi connectivity index (χ0v) is 11.6. The molecular formula is C12H14FLi2NO2. The van der Waals surface area contributed by atoms with E-state index in [1.54, 1.807) is 20.8 Å². The van der Waals surface area contributed by atoms with Gasteiger partial charge in [0.15, 0.2) is 0 Å². The van der Waals surface area contributed by atoms with Crippen LogP contribution in [-0.4, -0.2) is 11.7 Å². The van der Waals surface area contributed by atoms with Crippen molar-refractivity contribution in [2.24, 2.45) is 0 Å². The number of halogens is 1. The molecule has 0 saturated carbocycles. The third-order valence-corrected chi connectivity index (χ3v) is 1.70. The van der Waals surface area contributed by atoms with Gasteiger partial charge in [-0.1, -0.05) is 12.1 Å². The molecule has 0 aromatic heterocycles. The smallest absolute Gasteiger partial charge is 0.649 e. The number of ether oxygens (including phenoxy) is 1. The zero-order chi connectivity index (χ0) is 12.3. The molecule has 0 spiro atoms. The number of amides is 1. The molecule has 0 fully saturated rings. The molecular weight excluding hydrogens is 223 g/mol. The second-order valence-corrected chi connectivity index (χ2v) is 4.33.